The van der Waals surface area contributed by atoms with Crippen LogP contribution in [0.5, 0.6) is 0 Å². The van der Waals surface area contributed by atoms with Gasteiger partial charge in [-0.2, -0.15) is 0 Å². The van der Waals surface area contributed by atoms with Gasteiger partial charge in [0.15, 0.2) is 0 Å². The summed E-state index contributed by atoms with van der Waals surface area (Å²) in [5.41, 5.74) is 0. The quantitative estimate of drug-likeness (QED) is 0.142. The molecule has 0 atom stereocenters. The van der Waals surface area contributed by atoms with Crippen molar-refractivity contribution >= 4 is 16.0 Å². The van der Waals surface area contributed by atoms with Gasteiger partial charge in [0.05, 0.1) is 18.3 Å². The van der Waals surface area contributed by atoms with Crippen LogP contribution in [0.2, 0.25) is 0 Å². The molecule has 0 amide bonds. The van der Waals surface area contributed by atoms with Crippen LogP contribution in [-0.4, -0.2) is 26.7 Å². The third kappa shape index (κ3) is 31.0. The average Bonchev–Trinajstić information content (AvgIpc) is 2.76. The molecule has 0 radical (unpaired) electrons. The summed E-state index contributed by atoms with van der Waals surface area (Å²) in [6, 6.07) is 0. The van der Waals surface area contributed by atoms with E-state index in [9.17, 15) is 18.3 Å². The number of nitrogens with one attached hydrogen (secondary N) is 1. The average molecular weight is 514 g/mol. The van der Waals surface area contributed by atoms with Crippen LogP contribution in [-0.2, 0) is 14.8 Å². The SMILES string of the molecule is CCCCCCCCCCCCCCCCCCCCCCCCS(=O)(=O)NCC(=O)[O-].[K+]. The molecule has 0 aliphatic heterocycles. The van der Waals surface area contributed by atoms with Crippen LogP contribution in [0.1, 0.15) is 148 Å². The summed E-state index contributed by atoms with van der Waals surface area (Å²) < 4.78 is 25.1. The van der Waals surface area contributed by atoms with Gasteiger partial charge in [0.2, 0.25) is 10.0 Å². The fourth-order valence-corrected chi connectivity index (χ4v) is 5.21. The Bertz CT molecular complexity index is 514. The summed E-state index contributed by atoms with van der Waals surface area (Å²) in [4.78, 5) is 10.3. The molecule has 1 N–H and O–H groups in total. The van der Waals surface area contributed by atoms with Crippen molar-refractivity contribution in [2.45, 2.75) is 148 Å². The summed E-state index contributed by atoms with van der Waals surface area (Å²) in [5.74, 6) is -1.40. The van der Waals surface area contributed by atoms with E-state index in [4.69, 9.17) is 0 Å². The topological polar surface area (TPSA) is 86.3 Å². The van der Waals surface area contributed by atoms with E-state index in [0.717, 1.165) is 19.3 Å². The van der Waals surface area contributed by atoms with Crippen LogP contribution >= 0.6 is 0 Å². The molecule has 0 rings (SSSR count). The van der Waals surface area contributed by atoms with Crippen molar-refractivity contribution in [1.29, 1.82) is 0 Å². The second-order valence-corrected chi connectivity index (χ2v) is 11.4. The van der Waals surface area contributed by atoms with Crippen LogP contribution in [0, 0.1) is 0 Å². The predicted molar refractivity (Wildman–Crippen MR) is 134 cm³/mol. The van der Waals surface area contributed by atoms with E-state index >= 15 is 0 Å². The summed E-state index contributed by atoms with van der Waals surface area (Å²) in [5, 5.41) is 10.3. The Labute approximate surface area is 248 Å². The third-order valence-electron chi connectivity index (χ3n) is 6.20. The molecule has 0 fully saturated rings. The van der Waals surface area contributed by atoms with E-state index in [2.05, 4.69) is 6.92 Å². The monoisotopic (exact) mass is 513 g/mol. The van der Waals surface area contributed by atoms with Crippen LogP contribution in [0.3, 0.4) is 0 Å². The summed E-state index contributed by atoms with van der Waals surface area (Å²) in [6.45, 7) is 1.64. The third-order valence-corrected chi connectivity index (χ3v) is 7.61. The maximum atomic E-state index is 11.5. The first-order valence-electron chi connectivity index (χ1n) is 13.6. The number of carbonyl (C=O) groups is 1. The van der Waals surface area contributed by atoms with Gasteiger partial charge >= 0.3 is 51.4 Å². The number of hydrogen-bond donors (Lipinski definition) is 1. The number of sulfonamides is 1. The van der Waals surface area contributed by atoms with Crippen LogP contribution in [0.25, 0.3) is 0 Å². The van der Waals surface area contributed by atoms with Gasteiger partial charge in [-0.15, -0.1) is 0 Å². The predicted octanol–water partition coefficient (Wildman–Crippen LogP) is 3.26. The van der Waals surface area contributed by atoms with Crippen molar-refractivity contribution in [3.8, 4) is 0 Å². The molecular weight excluding hydrogens is 461 g/mol. The van der Waals surface area contributed by atoms with Gasteiger partial charge in [-0.3, -0.25) is 0 Å². The first kappa shape index (κ1) is 36.2. The number of rotatable bonds is 26. The standard InChI is InChI=1S/C26H53NO4S.K/c1-2-3-4-5-6-7-8-9-10-11-12-13-14-15-16-17-18-19-20-21-22-23-24-32(30,31)27-25-26(28)29;/h27H,2-25H2,1H3,(H,28,29);/q;+1/p-1. The van der Waals surface area contributed by atoms with Crippen molar-refractivity contribution < 1.29 is 69.7 Å². The summed E-state index contributed by atoms with van der Waals surface area (Å²) >= 11 is 0. The molecule has 0 aromatic rings. The summed E-state index contributed by atoms with van der Waals surface area (Å²) in [7, 11) is -3.47. The van der Waals surface area contributed by atoms with Gasteiger partial charge in [-0.25, -0.2) is 13.1 Å². The molecule has 0 unspecified atom stereocenters. The second kappa shape index (κ2) is 27.6. The first-order chi connectivity index (χ1) is 15.5. The van der Waals surface area contributed by atoms with Crippen molar-refractivity contribution in [3.63, 3.8) is 0 Å². The zero-order chi connectivity index (χ0) is 23.8. The Morgan fingerprint density at radius 2 is 0.848 bits per heavy atom. The zero-order valence-electron chi connectivity index (χ0n) is 22.0. The largest absolute Gasteiger partial charge is 1.00 e. The van der Waals surface area contributed by atoms with Crippen LogP contribution < -0.4 is 61.2 Å². The maximum absolute atomic E-state index is 11.5. The summed E-state index contributed by atoms with van der Waals surface area (Å²) in [6.07, 6.45) is 28.6. The van der Waals surface area contributed by atoms with E-state index in [1.165, 1.54) is 116 Å². The number of carboxylic acids is 1. The normalized spacial score (nSPS) is 11.4. The molecule has 0 heterocycles. The molecular formula is C26H52KNO4S. The minimum atomic E-state index is -3.47. The fourth-order valence-electron chi connectivity index (χ4n) is 4.14. The zero-order valence-corrected chi connectivity index (χ0v) is 26.0. The van der Waals surface area contributed by atoms with Gasteiger partial charge in [0, 0.05) is 0 Å². The number of aliphatic carboxylic acids is 1. The number of carboxylic acid groups (broad SMARTS) is 1. The van der Waals surface area contributed by atoms with Gasteiger partial charge in [-0.1, -0.05) is 142 Å². The van der Waals surface area contributed by atoms with Gasteiger partial charge in [0.1, 0.15) is 0 Å². The van der Waals surface area contributed by atoms with E-state index in [1.807, 2.05) is 4.72 Å². The van der Waals surface area contributed by atoms with Crippen LogP contribution in [0.15, 0.2) is 0 Å². The molecule has 0 aromatic carbocycles. The Morgan fingerprint density at radius 1 is 0.576 bits per heavy atom. The van der Waals surface area contributed by atoms with E-state index < -0.39 is 22.5 Å². The number of hydrogen-bond acceptors (Lipinski definition) is 4. The number of unbranched alkanes of at least 4 members (excludes halogenated alkanes) is 21. The molecule has 0 saturated carbocycles. The van der Waals surface area contributed by atoms with Crippen molar-refractivity contribution in [2.24, 2.45) is 0 Å². The molecule has 5 nitrogen and oxygen atoms in total. The van der Waals surface area contributed by atoms with Gasteiger partial charge < -0.3 is 9.90 Å². The minimum absolute atomic E-state index is 0. The van der Waals surface area contributed by atoms with Gasteiger partial charge in [-0.05, 0) is 6.42 Å². The Balaban J connectivity index is 0. The molecule has 0 bridgehead atoms. The molecule has 192 valence electrons. The Kier molecular flexibility index (Phi) is 30.3. The Morgan fingerprint density at radius 3 is 1.12 bits per heavy atom. The second-order valence-electron chi connectivity index (χ2n) is 9.44. The van der Waals surface area contributed by atoms with E-state index in [-0.39, 0.29) is 57.1 Å². The molecule has 7 heteroatoms. The molecule has 33 heavy (non-hydrogen) atoms. The molecule has 0 aliphatic carbocycles. The smallest absolute Gasteiger partial charge is 0.549 e. The molecule has 0 aliphatic rings. The molecule has 0 spiro atoms. The van der Waals surface area contributed by atoms with Gasteiger partial charge in [0.25, 0.3) is 0 Å². The number of carbonyl (C=O) groups excluding carboxylic acids is 1. The van der Waals surface area contributed by atoms with E-state index in [0.29, 0.717) is 6.42 Å². The molecule has 0 aromatic heterocycles. The fraction of sp³-hybridized carbons (Fsp3) is 0.962. The molecule has 0 saturated heterocycles. The Hall–Kier alpha value is 1.02. The van der Waals surface area contributed by atoms with Crippen molar-refractivity contribution in [2.75, 3.05) is 12.3 Å². The van der Waals surface area contributed by atoms with Crippen molar-refractivity contribution in [3.05, 3.63) is 0 Å². The van der Waals surface area contributed by atoms with E-state index in [1.54, 1.807) is 0 Å². The first-order valence-corrected chi connectivity index (χ1v) is 15.3. The van der Waals surface area contributed by atoms with Crippen molar-refractivity contribution in [1.82, 2.24) is 4.72 Å². The van der Waals surface area contributed by atoms with Crippen LogP contribution in [0.4, 0.5) is 0 Å². The maximum Gasteiger partial charge on any atom is 1.00 e. The minimum Gasteiger partial charge on any atom is -0.549 e.